The minimum Gasteiger partial charge on any atom is -0.465 e. The van der Waals surface area contributed by atoms with Crippen LogP contribution in [0.5, 0.6) is 0 Å². The van der Waals surface area contributed by atoms with E-state index in [0.29, 0.717) is 16.9 Å². The lowest BCUT2D eigenvalue weighted by Gasteiger charge is -2.11. The van der Waals surface area contributed by atoms with Gasteiger partial charge in [0.1, 0.15) is 11.5 Å². The smallest absolute Gasteiger partial charge is 0.339 e. The SMILES string of the molecule is COC(=O)c1ccccc1Nc1ccc(C(=O)Nc2ccccc2F)nc1. The largest absolute Gasteiger partial charge is 0.465 e. The van der Waals surface area contributed by atoms with Crippen molar-refractivity contribution in [2.75, 3.05) is 17.7 Å². The molecule has 1 amide bonds. The van der Waals surface area contributed by atoms with Crippen molar-refractivity contribution in [1.82, 2.24) is 4.98 Å². The van der Waals surface area contributed by atoms with E-state index < -0.39 is 17.7 Å². The van der Waals surface area contributed by atoms with Gasteiger partial charge in [0.2, 0.25) is 0 Å². The second-order valence-corrected chi connectivity index (χ2v) is 5.53. The highest BCUT2D eigenvalue weighted by Crippen LogP contribution is 2.21. The lowest BCUT2D eigenvalue weighted by Crippen LogP contribution is -2.14. The number of methoxy groups -OCH3 is 1. The number of hydrogen-bond acceptors (Lipinski definition) is 5. The van der Waals surface area contributed by atoms with Crippen LogP contribution in [-0.2, 0) is 4.74 Å². The maximum absolute atomic E-state index is 13.6. The predicted molar refractivity (Wildman–Crippen MR) is 99.7 cm³/mol. The van der Waals surface area contributed by atoms with E-state index in [-0.39, 0.29) is 11.4 Å². The minimum atomic E-state index is -0.526. The summed E-state index contributed by atoms with van der Waals surface area (Å²) >= 11 is 0. The molecule has 136 valence electrons. The Labute approximate surface area is 155 Å². The van der Waals surface area contributed by atoms with Gasteiger partial charge >= 0.3 is 5.97 Å². The lowest BCUT2D eigenvalue weighted by atomic mass is 10.1. The number of benzene rings is 2. The third-order valence-electron chi connectivity index (χ3n) is 3.73. The number of nitrogens with one attached hydrogen (secondary N) is 2. The zero-order valence-electron chi connectivity index (χ0n) is 14.4. The Hall–Kier alpha value is -3.74. The van der Waals surface area contributed by atoms with E-state index in [0.717, 1.165) is 0 Å². The lowest BCUT2D eigenvalue weighted by molar-refractivity contribution is 0.0601. The number of hydrogen-bond donors (Lipinski definition) is 2. The van der Waals surface area contributed by atoms with Crippen LogP contribution >= 0.6 is 0 Å². The molecule has 27 heavy (non-hydrogen) atoms. The maximum Gasteiger partial charge on any atom is 0.339 e. The Balaban J connectivity index is 1.74. The molecule has 2 N–H and O–H groups in total. The molecular weight excluding hydrogens is 349 g/mol. The topological polar surface area (TPSA) is 80.3 Å². The molecule has 0 aliphatic heterocycles. The summed E-state index contributed by atoms with van der Waals surface area (Å²) in [5.41, 5.74) is 1.72. The summed E-state index contributed by atoms with van der Waals surface area (Å²) in [6, 6.07) is 15.9. The Kier molecular flexibility index (Phi) is 5.41. The molecule has 0 fully saturated rings. The van der Waals surface area contributed by atoms with E-state index in [1.54, 1.807) is 36.4 Å². The highest BCUT2D eigenvalue weighted by Gasteiger charge is 2.13. The summed E-state index contributed by atoms with van der Waals surface area (Å²) in [6.07, 6.45) is 1.45. The third kappa shape index (κ3) is 4.27. The van der Waals surface area contributed by atoms with Crippen LogP contribution in [-0.4, -0.2) is 24.0 Å². The molecule has 0 radical (unpaired) electrons. The number of anilines is 3. The number of pyridine rings is 1. The van der Waals surface area contributed by atoms with Crippen LogP contribution in [0.3, 0.4) is 0 Å². The average Bonchev–Trinajstić information content (AvgIpc) is 2.70. The number of amides is 1. The van der Waals surface area contributed by atoms with Gasteiger partial charge in [0, 0.05) is 0 Å². The van der Waals surface area contributed by atoms with Crippen molar-refractivity contribution in [1.29, 1.82) is 0 Å². The van der Waals surface area contributed by atoms with E-state index in [2.05, 4.69) is 15.6 Å². The molecule has 0 bridgehead atoms. The van der Waals surface area contributed by atoms with Crippen LogP contribution in [0.4, 0.5) is 21.5 Å². The van der Waals surface area contributed by atoms with E-state index in [9.17, 15) is 14.0 Å². The Morgan fingerprint density at radius 3 is 2.33 bits per heavy atom. The zero-order valence-corrected chi connectivity index (χ0v) is 14.4. The molecule has 1 heterocycles. The molecule has 0 aliphatic rings. The molecule has 0 atom stereocenters. The van der Waals surface area contributed by atoms with Crippen LogP contribution in [0.25, 0.3) is 0 Å². The molecule has 0 saturated heterocycles. The fraction of sp³-hybridized carbons (Fsp3) is 0.0500. The summed E-state index contributed by atoms with van der Waals surface area (Å²) in [6.45, 7) is 0. The molecule has 7 heteroatoms. The molecule has 2 aromatic carbocycles. The highest BCUT2D eigenvalue weighted by molar-refractivity contribution is 6.03. The maximum atomic E-state index is 13.6. The summed E-state index contributed by atoms with van der Waals surface area (Å²) in [5, 5.41) is 5.53. The van der Waals surface area contributed by atoms with E-state index in [1.165, 1.54) is 37.6 Å². The minimum absolute atomic E-state index is 0.0820. The highest BCUT2D eigenvalue weighted by atomic mass is 19.1. The van der Waals surface area contributed by atoms with Crippen LogP contribution in [0.15, 0.2) is 66.9 Å². The average molecular weight is 365 g/mol. The Morgan fingerprint density at radius 2 is 1.67 bits per heavy atom. The normalized spacial score (nSPS) is 10.1. The number of para-hydroxylation sites is 2. The van der Waals surface area contributed by atoms with E-state index in [1.807, 2.05) is 0 Å². The van der Waals surface area contributed by atoms with Gasteiger partial charge in [-0.25, -0.2) is 14.2 Å². The van der Waals surface area contributed by atoms with Crippen LogP contribution in [0, 0.1) is 5.82 Å². The number of aromatic nitrogens is 1. The van der Waals surface area contributed by atoms with Gasteiger partial charge in [0.05, 0.1) is 35.9 Å². The number of halogens is 1. The molecule has 0 saturated carbocycles. The number of ether oxygens (including phenoxy) is 1. The molecule has 6 nitrogen and oxygen atoms in total. The van der Waals surface area contributed by atoms with Crippen molar-refractivity contribution in [3.63, 3.8) is 0 Å². The molecule has 1 aromatic heterocycles. The van der Waals surface area contributed by atoms with Crippen molar-refractivity contribution in [3.05, 3.63) is 83.9 Å². The van der Waals surface area contributed by atoms with Crippen LogP contribution < -0.4 is 10.6 Å². The number of nitrogens with zero attached hydrogens (tertiary/aromatic N) is 1. The molecule has 0 unspecified atom stereocenters. The van der Waals surface area contributed by atoms with Gasteiger partial charge in [-0.05, 0) is 36.4 Å². The van der Waals surface area contributed by atoms with Crippen molar-refractivity contribution in [2.45, 2.75) is 0 Å². The molecule has 0 aliphatic carbocycles. The molecule has 0 spiro atoms. The zero-order chi connectivity index (χ0) is 19.2. The fourth-order valence-corrected chi connectivity index (χ4v) is 2.39. The second kappa shape index (κ2) is 8.09. The van der Waals surface area contributed by atoms with Gasteiger partial charge < -0.3 is 15.4 Å². The van der Waals surface area contributed by atoms with Crippen molar-refractivity contribution < 1.29 is 18.7 Å². The van der Waals surface area contributed by atoms with Crippen LogP contribution in [0.1, 0.15) is 20.8 Å². The second-order valence-electron chi connectivity index (χ2n) is 5.53. The molecule has 3 aromatic rings. The first-order valence-electron chi connectivity index (χ1n) is 8.05. The van der Waals surface area contributed by atoms with Gasteiger partial charge in [-0.3, -0.25) is 4.79 Å². The monoisotopic (exact) mass is 365 g/mol. The first-order valence-corrected chi connectivity index (χ1v) is 8.05. The summed E-state index contributed by atoms with van der Waals surface area (Å²) in [4.78, 5) is 28.1. The number of carbonyl (C=O) groups excluding carboxylic acids is 2. The first kappa shape index (κ1) is 18.1. The number of esters is 1. The van der Waals surface area contributed by atoms with Gasteiger partial charge in [0.25, 0.3) is 5.91 Å². The van der Waals surface area contributed by atoms with Gasteiger partial charge in [-0.2, -0.15) is 0 Å². The van der Waals surface area contributed by atoms with Gasteiger partial charge in [-0.1, -0.05) is 24.3 Å². The summed E-state index contributed by atoms with van der Waals surface area (Å²) in [5.74, 6) is -1.52. The number of rotatable bonds is 5. The Morgan fingerprint density at radius 1 is 0.963 bits per heavy atom. The van der Waals surface area contributed by atoms with Crippen molar-refractivity contribution >= 4 is 28.9 Å². The quantitative estimate of drug-likeness (QED) is 0.668. The third-order valence-corrected chi connectivity index (χ3v) is 3.73. The van der Waals surface area contributed by atoms with Crippen molar-refractivity contribution in [2.24, 2.45) is 0 Å². The van der Waals surface area contributed by atoms with Gasteiger partial charge in [-0.15, -0.1) is 0 Å². The number of carbonyl (C=O) groups is 2. The fourth-order valence-electron chi connectivity index (χ4n) is 2.39. The first-order chi connectivity index (χ1) is 13.1. The van der Waals surface area contributed by atoms with Gasteiger partial charge in [0.15, 0.2) is 0 Å². The summed E-state index contributed by atoms with van der Waals surface area (Å²) in [7, 11) is 1.31. The Bertz CT molecular complexity index is 974. The molecular formula is C20H16FN3O3. The van der Waals surface area contributed by atoms with E-state index in [4.69, 9.17) is 4.74 Å². The van der Waals surface area contributed by atoms with Crippen molar-refractivity contribution in [3.8, 4) is 0 Å². The predicted octanol–water partition coefficient (Wildman–Crippen LogP) is 4.00. The molecule has 3 rings (SSSR count). The summed E-state index contributed by atoms with van der Waals surface area (Å²) < 4.78 is 18.4. The van der Waals surface area contributed by atoms with E-state index >= 15 is 0 Å². The standard InChI is InChI=1S/C20H16FN3O3/c1-27-20(26)14-6-2-4-8-16(14)23-13-10-11-18(22-12-13)19(25)24-17-9-5-3-7-15(17)21/h2-12,23H,1H3,(H,24,25). The van der Waals surface area contributed by atoms with Crippen LogP contribution in [0.2, 0.25) is 0 Å².